The molecular formula is C18H20N4OS. The van der Waals surface area contributed by atoms with E-state index >= 15 is 0 Å². The normalized spacial score (nSPS) is 12.2. The third kappa shape index (κ3) is 2.97. The van der Waals surface area contributed by atoms with E-state index in [4.69, 9.17) is 0 Å². The van der Waals surface area contributed by atoms with E-state index in [1.54, 1.807) is 12.1 Å². The van der Waals surface area contributed by atoms with Gasteiger partial charge in [0.25, 0.3) is 5.91 Å². The predicted molar refractivity (Wildman–Crippen MR) is 97.3 cm³/mol. The number of nitrogens with zero attached hydrogens (tertiary/aromatic N) is 4. The van der Waals surface area contributed by atoms with E-state index in [0.717, 1.165) is 15.9 Å². The summed E-state index contributed by atoms with van der Waals surface area (Å²) in [6.07, 6.45) is 1.81. The molecule has 6 heteroatoms. The van der Waals surface area contributed by atoms with Gasteiger partial charge in [0.2, 0.25) is 0 Å². The number of hydrogen-bond donors (Lipinski definition) is 0. The molecule has 0 fully saturated rings. The number of amides is 1. The Bertz CT molecular complexity index is 974. The van der Waals surface area contributed by atoms with Crippen molar-refractivity contribution in [1.82, 2.24) is 14.3 Å². The molecule has 124 valence electrons. The summed E-state index contributed by atoms with van der Waals surface area (Å²) in [4.78, 5) is 17.5. The maximum absolute atomic E-state index is 12.6. The van der Waals surface area contributed by atoms with Crippen LogP contribution in [0.1, 0.15) is 36.1 Å². The van der Waals surface area contributed by atoms with Gasteiger partial charge in [-0.25, -0.2) is 0 Å². The molecule has 0 aliphatic rings. The third-order valence-electron chi connectivity index (χ3n) is 3.73. The SMILES string of the molecule is C=CCn1c(=NC(=O)c2cc(C)n(C(C)C)n2)sc2ccccc21. The van der Waals surface area contributed by atoms with Crippen LogP contribution in [0.15, 0.2) is 48.0 Å². The van der Waals surface area contributed by atoms with Crippen molar-refractivity contribution in [1.29, 1.82) is 0 Å². The average Bonchev–Trinajstić information content (AvgIpc) is 3.09. The fourth-order valence-corrected chi connectivity index (χ4v) is 3.71. The molecular weight excluding hydrogens is 320 g/mol. The van der Waals surface area contributed by atoms with Crippen LogP contribution in [-0.2, 0) is 6.54 Å². The molecule has 0 radical (unpaired) electrons. The first-order valence-electron chi connectivity index (χ1n) is 7.85. The highest BCUT2D eigenvalue weighted by molar-refractivity contribution is 7.16. The van der Waals surface area contributed by atoms with Gasteiger partial charge in [-0.2, -0.15) is 10.1 Å². The molecule has 0 atom stereocenters. The Kier molecular flexibility index (Phi) is 4.49. The van der Waals surface area contributed by atoms with Gasteiger partial charge in [0.05, 0.1) is 10.2 Å². The topological polar surface area (TPSA) is 52.2 Å². The van der Waals surface area contributed by atoms with Crippen LogP contribution in [0.25, 0.3) is 10.2 Å². The Morgan fingerprint density at radius 2 is 2.17 bits per heavy atom. The number of allylic oxidation sites excluding steroid dienone is 1. The van der Waals surface area contributed by atoms with E-state index < -0.39 is 0 Å². The van der Waals surface area contributed by atoms with E-state index in [1.165, 1.54) is 11.3 Å². The van der Waals surface area contributed by atoms with Gasteiger partial charge in [0, 0.05) is 18.3 Å². The van der Waals surface area contributed by atoms with Gasteiger partial charge in [-0.1, -0.05) is 29.5 Å². The van der Waals surface area contributed by atoms with Crippen LogP contribution < -0.4 is 4.80 Å². The van der Waals surface area contributed by atoms with Crippen molar-refractivity contribution in [3.63, 3.8) is 0 Å². The minimum absolute atomic E-state index is 0.210. The molecule has 0 unspecified atom stereocenters. The molecule has 3 rings (SSSR count). The number of thiazole rings is 1. The molecule has 0 saturated carbocycles. The largest absolute Gasteiger partial charge is 0.312 e. The van der Waals surface area contributed by atoms with Gasteiger partial charge in [0.15, 0.2) is 10.5 Å². The van der Waals surface area contributed by atoms with Crippen molar-refractivity contribution in [2.45, 2.75) is 33.4 Å². The number of benzene rings is 1. The first-order chi connectivity index (χ1) is 11.5. The zero-order valence-corrected chi connectivity index (χ0v) is 14.9. The Labute approximate surface area is 144 Å². The summed E-state index contributed by atoms with van der Waals surface area (Å²) in [6.45, 7) is 10.4. The van der Waals surface area contributed by atoms with Gasteiger partial charge < -0.3 is 4.57 Å². The van der Waals surface area contributed by atoms with E-state index in [-0.39, 0.29) is 11.9 Å². The van der Waals surface area contributed by atoms with E-state index in [2.05, 4.69) is 16.7 Å². The fraction of sp³-hybridized carbons (Fsp3) is 0.278. The van der Waals surface area contributed by atoms with Crippen molar-refractivity contribution >= 4 is 27.5 Å². The number of fused-ring (bicyclic) bond motifs is 1. The molecule has 2 heterocycles. The quantitative estimate of drug-likeness (QED) is 0.680. The Morgan fingerprint density at radius 1 is 1.42 bits per heavy atom. The fourth-order valence-electron chi connectivity index (χ4n) is 2.67. The number of aryl methyl sites for hydroxylation is 1. The van der Waals surface area contributed by atoms with Crippen molar-refractivity contribution in [2.24, 2.45) is 4.99 Å². The number of rotatable bonds is 4. The van der Waals surface area contributed by atoms with Gasteiger partial charge >= 0.3 is 0 Å². The lowest BCUT2D eigenvalue weighted by atomic mass is 10.3. The van der Waals surface area contributed by atoms with Crippen LogP contribution >= 0.6 is 11.3 Å². The summed E-state index contributed by atoms with van der Waals surface area (Å²) in [5.41, 5.74) is 2.39. The lowest BCUT2D eigenvalue weighted by Gasteiger charge is -2.06. The summed E-state index contributed by atoms with van der Waals surface area (Å²) in [7, 11) is 0. The van der Waals surface area contributed by atoms with Crippen LogP contribution in [-0.4, -0.2) is 20.3 Å². The Hall–Kier alpha value is -2.47. The molecule has 0 spiro atoms. The number of carbonyl (C=O) groups excluding carboxylic acids is 1. The maximum Gasteiger partial charge on any atom is 0.300 e. The molecule has 0 aliphatic carbocycles. The van der Waals surface area contributed by atoms with Gasteiger partial charge in [-0.3, -0.25) is 9.48 Å². The van der Waals surface area contributed by atoms with Crippen molar-refractivity contribution in [3.05, 3.63) is 59.2 Å². The zero-order valence-electron chi connectivity index (χ0n) is 14.1. The van der Waals surface area contributed by atoms with Crippen molar-refractivity contribution < 1.29 is 4.79 Å². The maximum atomic E-state index is 12.6. The highest BCUT2D eigenvalue weighted by Crippen LogP contribution is 2.17. The number of aromatic nitrogens is 3. The van der Waals surface area contributed by atoms with Crippen LogP contribution in [0.4, 0.5) is 0 Å². The highest BCUT2D eigenvalue weighted by Gasteiger charge is 2.14. The Balaban J connectivity index is 2.09. The van der Waals surface area contributed by atoms with Crippen molar-refractivity contribution in [2.75, 3.05) is 0 Å². The number of hydrogen-bond acceptors (Lipinski definition) is 3. The second-order valence-corrected chi connectivity index (χ2v) is 6.89. The van der Waals surface area contributed by atoms with E-state index in [1.807, 2.05) is 54.3 Å². The Morgan fingerprint density at radius 3 is 2.83 bits per heavy atom. The molecule has 1 amide bonds. The van der Waals surface area contributed by atoms with Crippen LogP contribution in [0.5, 0.6) is 0 Å². The second kappa shape index (κ2) is 6.57. The standard InChI is InChI=1S/C18H20N4OS/c1-5-10-21-15-8-6-7-9-16(15)24-18(21)19-17(23)14-11-13(4)22(20-14)12(2)3/h5-9,11-12H,1,10H2,2-4H3. The van der Waals surface area contributed by atoms with E-state index in [0.29, 0.717) is 17.0 Å². The highest BCUT2D eigenvalue weighted by atomic mass is 32.1. The zero-order chi connectivity index (χ0) is 17.3. The summed E-state index contributed by atoms with van der Waals surface area (Å²) in [5, 5.41) is 4.38. The molecule has 3 aromatic rings. The van der Waals surface area contributed by atoms with Gasteiger partial charge in [-0.05, 0) is 39.0 Å². The smallest absolute Gasteiger partial charge is 0.300 e. The molecule has 5 nitrogen and oxygen atoms in total. The minimum atomic E-state index is -0.318. The molecule has 2 aromatic heterocycles. The second-order valence-electron chi connectivity index (χ2n) is 5.88. The summed E-state index contributed by atoms with van der Waals surface area (Å²) < 4.78 is 4.93. The lowest BCUT2D eigenvalue weighted by molar-refractivity contribution is 0.0992. The molecule has 0 bridgehead atoms. The number of para-hydroxylation sites is 1. The van der Waals surface area contributed by atoms with Crippen molar-refractivity contribution in [3.8, 4) is 0 Å². The van der Waals surface area contributed by atoms with Gasteiger partial charge in [-0.15, -0.1) is 6.58 Å². The summed E-state index contributed by atoms with van der Waals surface area (Å²) >= 11 is 1.50. The summed E-state index contributed by atoms with van der Waals surface area (Å²) in [6, 6.07) is 10.0. The predicted octanol–water partition coefficient (Wildman–Crippen LogP) is 3.72. The molecule has 0 aliphatic heterocycles. The average molecular weight is 340 g/mol. The van der Waals surface area contributed by atoms with Crippen LogP contribution in [0.2, 0.25) is 0 Å². The minimum Gasteiger partial charge on any atom is -0.312 e. The van der Waals surface area contributed by atoms with E-state index in [9.17, 15) is 4.79 Å². The van der Waals surface area contributed by atoms with Crippen LogP contribution in [0.3, 0.4) is 0 Å². The third-order valence-corrected chi connectivity index (χ3v) is 4.79. The number of carbonyl (C=O) groups is 1. The molecule has 0 saturated heterocycles. The molecule has 0 N–H and O–H groups in total. The first-order valence-corrected chi connectivity index (χ1v) is 8.67. The first kappa shape index (κ1) is 16.4. The van der Waals surface area contributed by atoms with Gasteiger partial charge in [0.1, 0.15) is 0 Å². The van der Waals surface area contributed by atoms with Crippen LogP contribution in [0, 0.1) is 6.92 Å². The molecule has 24 heavy (non-hydrogen) atoms. The lowest BCUT2D eigenvalue weighted by Crippen LogP contribution is -2.16. The molecule has 1 aromatic carbocycles. The summed E-state index contributed by atoms with van der Waals surface area (Å²) in [5.74, 6) is -0.318. The monoisotopic (exact) mass is 340 g/mol.